The molecule has 0 spiro atoms. The number of amides is 2. The lowest BCUT2D eigenvalue weighted by Crippen LogP contribution is -2.23. The molecule has 0 aromatic heterocycles. The fourth-order valence-corrected chi connectivity index (χ4v) is 2.67. The third-order valence-corrected chi connectivity index (χ3v) is 4.27. The highest BCUT2D eigenvalue weighted by Crippen LogP contribution is 2.13. The van der Waals surface area contributed by atoms with Crippen molar-refractivity contribution in [3.8, 4) is 11.8 Å². The molecule has 0 atom stereocenters. The van der Waals surface area contributed by atoms with Crippen LogP contribution in [0.4, 0.5) is 5.69 Å². The standard InChI is InChI=1S/C23H19N3O3/c1-29-21-11-5-16(6-12-21)15-25-22(27)18-7-9-19(10-8-18)23(28)26-20-4-2-3-17(13-20)14-24/h2-13H,15H2,1H3,(H,25,27)(H,26,28). The third kappa shape index (κ3) is 5.21. The van der Waals surface area contributed by atoms with Crippen molar-refractivity contribution in [2.75, 3.05) is 12.4 Å². The Balaban J connectivity index is 1.58. The molecule has 3 aromatic carbocycles. The van der Waals surface area contributed by atoms with Crippen molar-refractivity contribution in [1.29, 1.82) is 5.26 Å². The van der Waals surface area contributed by atoms with Gasteiger partial charge in [-0.05, 0) is 60.2 Å². The van der Waals surface area contributed by atoms with E-state index in [9.17, 15) is 9.59 Å². The Kier molecular flexibility index (Phi) is 6.23. The second kappa shape index (κ2) is 9.20. The number of nitrogens with zero attached hydrogens (tertiary/aromatic N) is 1. The molecule has 0 aliphatic rings. The Labute approximate surface area is 168 Å². The molecule has 0 aliphatic heterocycles. The first-order valence-electron chi connectivity index (χ1n) is 8.92. The minimum absolute atomic E-state index is 0.227. The van der Waals surface area contributed by atoms with Crippen molar-refractivity contribution >= 4 is 17.5 Å². The van der Waals surface area contributed by atoms with Gasteiger partial charge in [-0.15, -0.1) is 0 Å². The number of nitriles is 1. The van der Waals surface area contributed by atoms with Crippen molar-refractivity contribution < 1.29 is 14.3 Å². The molecule has 0 fully saturated rings. The maximum Gasteiger partial charge on any atom is 0.255 e. The lowest BCUT2D eigenvalue weighted by Gasteiger charge is -2.08. The number of carbonyl (C=O) groups excluding carboxylic acids is 2. The zero-order valence-corrected chi connectivity index (χ0v) is 15.8. The highest BCUT2D eigenvalue weighted by Gasteiger charge is 2.10. The number of nitrogens with one attached hydrogen (secondary N) is 2. The van der Waals surface area contributed by atoms with E-state index in [0.29, 0.717) is 28.9 Å². The molecule has 6 heteroatoms. The molecule has 0 aliphatic carbocycles. The lowest BCUT2D eigenvalue weighted by atomic mass is 10.1. The van der Waals surface area contributed by atoms with Crippen LogP contribution in [0, 0.1) is 11.3 Å². The smallest absolute Gasteiger partial charge is 0.255 e. The SMILES string of the molecule is COc1ccc(CNC(=O)c2ccc(C(=O)Nc3cccc(C#N)c3)cc2)cc1. The first-order valence-corrected chi connectivity index (χ1v) is 8.92. The van der Waals surface area contributed by atoms with Gasteiger partial charge in [0.1, 0.15) is 5.75 Å². The average Bonchev–Trinajstić information content (AvgIpc) is 2.78. The fraction of sp³-hybridized carbons (Fsp3) is 0.0870. The summed E-state index contributed by atoms with van der Waals surface area (Å²) in [4.78, 5) is 24.7. The van der Waals surface area contributed by atoms with Gasteiger partial charge >= 0.3 is 0 Å². The average molecular weight is 385 g/mol. The molecule has 0 unspecified atom stereocenters. The number of rotatable bonds is 6. The lowest BCUT2D eigenvalue weighted by molar-refractivity contribution is 0.0949. The van der Waals surface area contributed by atoms with E-state index < -0.39 is 0 Å². The van der Waals surface area contributed by atoms with Crippen LogP contribution in [-0.4, -0.2) is 18.9 Å². The Morgan fingerprint density at radius 3 is 2.21 bits per heavy atom. The maximum atomic E-state index is 12.4. The van der Waals surface area contributed by atoms with Crippen LogP contribution < -0.4 is 15.4 Å². The number of hydrogen-bond acceptors (Lipinski definition) is 4. The van der Waals surface area contributed by atoms with E-state index >= 15 is 0 Å². The van der Waals surface area contributed by atoms with Gasteiger partial charge in [-0.1, -0.05) is 18.2 Å². The molecular formula is C23H19N3O3. The summed E-state index contributed by atoms with van der Waals surface area (Å²) in [7, 11) is 1.60. The second-order valence-corrected chi connectivity index (χ2v) is 6.25. The fourth-order valence-electron chi connectivity index (χ4n) is 2.67. The largest absolute Gasteiger partial charge is 0.497 e. The summed E-state index contributed by atoms with van der Waals surface area (Å²) in [6, 6.07) is 22.5. The number of carbonyl (C=O) groups is 2. The van der Waals surface area contributed by atoms with Crippen LogP contribution in [0.3, 0.4) is 0 Å². The normalized spacial score (nSPS) is 9.93. The number of methoxy groups -OCH3 is 1. The second-order valence-electron chi connectivity index (χ2n) is 6.25. The van der Waals surface area contributed by atoms with Gasteiger partial charge in [0.25, 0.3) is 11.8 Å². The summed E-state index contributed by atoms with van der Waals surface area (Å²) >= 11 is 0. The van der Waals surface area contributed by atoms with Gasteiger partial charge in [-0.25, -0.2) is 0 Å². The molecule has 144 valence electrons. The third-order valence-electron chi connectivity index (χ3n) is 4.27. The molecule has 6 nitrogen and oxygen atoms in total. The first-order chi connectivity index (χ1) is 14.1. The van der Waals surface area contributed by atoms with E-state index in [1.807, 2.05) is 30.3 Å². The van der Waals surface area contributed by atoms with E-state index in [4.69, 9.17) is 10.00 Å². The summed E-state index contributed by atoms with van der Waals surface area (Å²) in [5.41, 5.74) is 2.83. The van der Waals surface area contributed by atoms with Crippen LogP contribution in [-0.2, 0) is 6.54 Å². The number of hydrogen-bond donors (Lipinski definition) is 2. The van der Waals surface area contributed by atoms with Gasteiger partial charge < -0.3 is 15.4 Å². The van der Waals surface area contributed by atoms with Gasteiger partial charge in [0.05, 0.1) is 18.7 Å². The molecule has 0 saturated heterocycles. The Morgan fingerprint density at radius 2 is 1.59 bits per heavy atom. The van der Waals surface area contributed by atoms with Crippen LogP contribution in [0.1, 0.15) is 31.8 Å². The van der Waals surface area contributed by atoms with E-state index in [0.717, 1.165) is 11.3 Å². The minimum atomic E-state index is -0.315. The van der Waals surface area contributed by atoms with E-state index in [1.165, 1.54) is 0 Å². The molecule has 2 N–H and O–H groups in total. The van der Waals surface area contributed by atoms with Crippen molar-refractivity contribution in [2.45, 2.75) is 6.54 Å². The van der Waals surface area contributed by atoms with Crippen molar-refractivity contribution in [2.24, 2.45) is 0 Å². The zero-order chi connectivity index (χ0) is 20.6. The summed E-state index contributed by atoms with van der Waals surface area (Å²) < 4.78 is 5.11. The molecule has 2 amide bonds. The monoisotopic (exact) mass is 385 g/mol. The van der Waals surface area contributed by atoms with E-state index in [1.54, 1.807) is 55.6 Å². The Bertz CT molecular complexity index is 1050. The minimum Gasteiger partial charge on any atom is -0.497 e. The van der Waals surface area contributed by atoms with Crippen molar-refractivity contribution in [3.63, 3.8) is 0 Å². The number of anilines is 1. The van der Waals surface area contributed by atoms with Crippen molar-refractivity contribution in [3.05, 3.63) is 95.1 Å². The highest BCUT2D eigenvalue weighted by molar-refractivity contribution is 6.05. The molecule has 29 heavy (non-hydrogen) atoms. The highest BCUT2D eigenvalue weighted by atomic mass is 16.5. The molecule has 3 aromatic rings. The summed E-state index contributed by atoms with van der Waals surface area (Å²) in [6.45, 7) is 0.389. The quantitative estimate of drug-likeness (QED) is 0.676. The topological polar surface area (TPSA) is 91.2 Å². The maximum absolute atomic E-state index is 12.4. The van der Waals surface area contributed by atoms with Crippen LogP contribution in [0.5, 0.6) is 5.75 Å². The van der Waals surface area contributed by atoms with Gasteiger partial charge in [0.2, 0.25) is 0 Å². The first kappa shape index (κ1) is 19.6. The predicted molar refractivity (Wildman–Crippen MR) is 110 cm³/mol. The van der Waals surface area contributed by atoms with Gasteiger partial charge in [-0.3, -0.25) is 9.59 Å². The number of benzene rings is 3. The molecular weight excluding hydrogens is 366 g/mol. The molecule has 0 bridgehead atoms. The van der Waals surface area contributed by atoms with Crippen LogP contribution in [0.15, 0.2) is 72.8 Å². The predicted octanol–water partition coefficient (Wildman–Crippen LogP) is 3.75. The molecule has 0 radical (unpaired) electrons. The van der Waals surface area contributed by atoms with Crippen LogP contribution >= 0.6 is 0 Å². The summed E-state index contributed by atoms with van der Waals surface area (Å²) in [5.74, 6) is 0.216. The van der Waals surface area contributed by atoms with Gasteiger partial charge in [0, 0.05) is 23.4 Å². The van der Waals surface area contributed by atoms with Gasteiger partial charge in [-0.2, -0.15) is 5.26 Å². The van der Waals surface area contributed by atoms with Crippen LogP contribution in [0.2, 0.25) is 0 Å². The summed E-state index contributed by atoms with van der Waals surface area (Å²) in [6.07, 6.45) is 0. The van der Waals surface area contributed by atoms with Gasteiger partial charge in [0.15, 0.2) is 0 Å². The molecule has 0 heterocycles. The summed E-state index contributed by atoms with van der Waals surface area (Å²) in [5, 5.41) is 14.5. The zero-order valence-electron chi connectivity index (χ0n) is 15.8. The number of ether oxygens (including phenoxy) is 1. The van der Waals surface area contributed by atoms with Crippen molar-refractivity contribution in [1.82, 2.24) is 5.32 Å². The van der Waals surface area contributed by atoms with E-state index in [-0.39, 0.29) is 11.8 Å². The Hall–Kier alpha value is -4.11. The van der Waals surface area contributed by atoms with E-state index in [2.05, 4.69) is 10.6 Å². The molecule has 3 rings (SSSR count). The Morgan fingerprint density at radius 1 is 0.931 bits per heavy atom. The molecule has 0 saturated carbocycles. The van der Waals surface area contributed by atoms with Crippen LogP contribution in [0.25, 0.3) is 0 Å².